The number of alkyl carbamates (subject to hydrolysis) is 2. The number of ether oxygens (including phenoxy) is 4. The summed E-state index contributed by atoms with van der Waals surface area (Å²) in [6.45, 7) is 0.0248. The van der Waals surface area contributed by atoms with Crippen LogP contribution < -0.4 is 10.6 Å². The zero-order chi connectivity index (χ0) is 28.7. The molecule has 0 radical (unpaired) electrons. The summed E-state index contributed by atoms with van der Waals surface area (Å²) >= 11 is 0. The molecule has 0 unspecified atom stereocenters. The monoisotopic (exact) mass is 544 g/mol. The van der Waals surface area contributed by atoms with Crippen LogP contribution in [0.25, 0.3) is 12.2 Å². The molecule has 10 nitrogen and oxygen atoms in total. The molecule has 2 N–H and O–H groups in total. The predicted octanol–water partition coefficient (Wildman–Crippen LogP) is 4.57. The van der Waals surface area contributed by atoms with E-state index in [2.05, 4.69) is 10.6 Å². The van der Waals surface area contributed by atoms with Crippen LogP contribution in [0.5, 0.6) is 0 Å². The molecule has 0 heterocycles. The Labute approximate surface area is 231 Å². The van der Waals surface area contributed by atoms with Gasteiger partial charge in [-0.1, -0.05) is 78.9 Å². The van der Waals surface area contributed by atoms with Gasteiger partial charge in [-0.3, -0.25) is 10.6 Å². The van der Waals surface area contributed by atoms with E-state index in [-0.39, 0.29) is 24.6 Å². The third kappa shape index (κ3) is 9.49. The number of hydrogen-bond donors (Lipinski definition) is 2. The zero-order valence-electron chi connectivity index (χ0n) is 21.9. The quantitative estimate of drug-likeness (QED) is 0.216. The summed E-state index contributed by atoms with van der Waals surface area (Å²) in [7, 11) is 2.36. The molecule has 206 valence electrons. The summed E-state index contributed by atoms with van der Waals surface area (Å²) in [6, 6.07) is 24.7. The van der Waals surface area contributed by atoms with E-state index in [9.17, 15) is 19.2 Å². The number of carbonyl (C=O) groups excluding carboxylic acids is 4. The Hall–Kier alpha value is -5.38. The van der Waals surface area contributed by atoms with Gasteiger partial charge in [-0.05, 0) is 40.5 Å². The van der Waals surface area contributed by atoms with E-state index in [1.54, 1.807) is 48.5 Å². The lowest BCUT2D eigenvalue weighted by atomic mass is 10.1. The highest BCUT2D eigenvalue weighted by molar-refractivity contribution is 5.98. The van der Waals surface area contributed by atoms with Crippen LogP contribution in [0.3, 0.4) is 0 Å². The number of benzene rings is 3. The van der Waals surface area contributed by atoms with E-state index in [0.29, 0.717) is 11.1 Å². The Morgan fingerprint density at radius 1 is 0.600 bits per heavy atom. The van der Waals surface area contributed by atoms with Crippen LogP contribution in [0.15, 0.2) is 96.3 Å². The van der Waals surface area contributed by atoms with Gasteiger partial charge in [0, 0.05) is 0 Å². The van der Waals surface area contributed by atoms with Crippen molar-refractivity contribution in [3.63, 3.8) is 0 Å². The fourth-order valence-electron chi connectivity index (χ4n) is 3.32. The highest BCUT2D eigenvalue weighted by Crippen LogP contribution is 2.14. The summed E-state index contributed by atoms with van der Waals surface area (Å²) < 4.78 is 19.9. The minimum absolute atomic E-state index is 0.0124. The standard InChI is InChI=1S/C30H28N2O8/c1-37-27(33)25(31-29(35)39-19-21-10-5-3-6-11-21)17-23-14-9-15-24(16-23)18-26(28(34)38-2)32-30(36)40-20-22-12-7-4-8-13-22/h3-18H,19-20H2,1-2H3,(H,31,35)(H,32,36)/b25-17-,26-18-. The molecule has 0 saturated carbocycles. The van der Waals surface area contributed by atoms with Gasteiger partial charge >= 0.3 is 24.1 Å². The van der Waals surface area contributed by atoms with E-state index >= 15 is 0 Å². The van der Waals surface area contributed by atoms with Gasteiger partial charge in [0.05, 0.1) is 14.2 Å². The van der Waals surface area contributed by atoms with Crippen molar-refractivity contribution < 1.29 is 38.1 Å². The fraction of sp³-hybridized carbons (Fsp3) is 0.133. The Kier molecular flexibility index (Phi) is 11.0. The summed E-state index contributed by atoms with van der Waals surface area (Å²) in [5.74, 6) is -1.59. The molecule has 0 spiro atoms. The van der Waals surface area contributed by atoms with Crippen LogP contribution >= 0.6 is 0 Å². The summed E-state index contributed by atoms with van der Waals surface area (Å²) in [4.78, 5) is 49.2. The third-order valence-corrected chi connectivity index (χ3v) is 5.24. The molecule has 0 aromatic heterocycles. The van der Waals surface area contributed by atoms with Crippen molar-refractivity contribution in [1.29, 1.82) is 0 Å². The van der Waals surface area contributed by atoms with E-state index < -0.39 is 24.1 Å². The number of amides is 2. The normalized spacial score (nSPS) is 11.2. The van der Waals surface area contributed by atoms with Gasteiger partial charge in [-0.25, -0.2) is 19.2 Å². The Morgan fingerprint density at radius 3 is 1.38 bits per heavy atom. The van der Waals surface area contributed by atoms with Crippen LogP contribution in [0.1, 0.15) is 22.3 Å². The topological polar surface area (TPSA) is 129 Å². The minimum atomic E-state index is -0.845. The second kappa shape index (κ2) is 15.1. The number of carbonyl (C=O) groups is 4. The summed E-state index contributed by atoms with van der Waals surface area (Å²) in [5.41, 5.74) is 2.18. The molecule has 3 aromatic rings. The average molecular weight is 545 g/mol. The zero-order valence-corrected chi connectivity index (χ0v) is 21.9. The molecule has 0 aliphatic carbocycles. The lowest BCUT2D eigenvalue weighted by Crippen LogP contribution is -2.28. The molecule has 0 aliphatic rings. The maximum Gasteiger partial charge on any atom is 0.412 e. The lowest BCUT2D eigenvalue weighted by Gasteiger charge is -2.10. The minimum Gasteiger partial charge on any atom is -0.464 e. The number of methoxy groups -OCH3 is 2. The van der Waals surface area contributed by atoms with Crippen molar-refractivity contribution in [1.82, 2.24) is 10.6 Å². The van der Waals surface area contributed by atoms with Gasteiger partial charge in [0.15, 0.2) is 0 Å². The molecule has 10 heteroatoms. The molecular weight excluding hydrogens is 516 g/mol. The van der Waals surface area contributed by atoms with Gasteiger partial charge in [0.25, 0.3) is 0 Å². The summed E-state index contributed by atoms with van der Waals surface area (Å²) in [5, 5.41) is 4.78. The van der Waals surface area contributed by atoms with Crippen LogP contribution in [0.4, 0.5) is 9.59 Å². The number of hydrogen-bond acceptors (Lipinski definition) is 8. The first kappa shape index (κ1) is 29.2. The Balaban J connectivity index is 1.73. The molecule has 3 aromatic carbocycles. The maximum absolute atomic E-state index is 12.3. The lowest BCUT2D eigenvalue weighted by molar-refractivity contribution is -0.137. The molecule has 40 heavy (non-hydrogen) atoms. The molecule has 3 rings (SSSR count). The van der Waals surface area contributed by atoms with Gasteiger partial charge < -0.3 is 18.9 Å². The van der Waals surface area contributed by atoms with Crippen LogP contribution in [0.2, 0.25) is 0 Å². The van der Waals surface area contributed by atoms with E-state index in [4.69, 9.17) is 18.9 Å². The van der Waals surface area contributed by atoms with Crippen molar-refractivity contribution in [2.24, 2.45) is 0 Å². The Morgan fingerprint density at radius 2 is 1.00 bits per heavy atom. The van der Waals surface area contributed by atoms with E-state index in [0.717, 1.165) is 11.1 Å². The van der Waals surface area contributed by atoms with Crippen LogP contribution in [0, 0.1) is 0 Å². The number of nitrogens with one attached hydrogen (secondary N) is 2. The van der Waals surface area contributed by atoms with Crippen molar-refractivity contribution in [3.8, 4) is 0 Å². The second-order valence-corrected chi connectivity index (χ2v) is 8.14. The van der Waals surface area contributed by atoms with Crippen molar-refractivity contribution in [2.75, 3.05) is 14.2 Å². The average Bonchev–Trinajstić information content (AvgIpc) is 2.98. The molecule has 0 bridgehead atoms. The van der Waals surface area contributed by atoms with Crippen molar-refractivity contribution in [2.45, 2.75) is 13.2 Å². The SMILES string of the molecule is COC(=O)/C(=C/c1cccc(/C=C(\NC(=O)OCc2ccccc2)C(=O)OC)c1)NC(=O)OCc1ccccc1. The first-order valence-electron chi connectivity index (χ1n) is 12.0. The number of rotatable bonds is 10. The maximum atomic E-state index is 12.3. The fourth-order valence-corrected chi connectivity index (χ4v) is 3.32. The first-order valence-corrected chi connectivity index (χ1v) is 12.0. The first-order chi connectivity index (χ1) is 19.4. The molecule has 0 saturated heterocycles. The molecule has 0 aliphatic heterocycles. The van der Waals surface area contributed by atoms with Gasteiger partial charge in [-0.15, -0.1) is 0 Å². The van der Waals surface area contributed by atoms with Gasteiger partial charge in [0.2, 0.25) is 0 Å². The second-order valence-electron chi connectivity index (χ2n) is 8.14. The van der Waals surface area contributed by atoms with Gasteiger partial charge in [0.1, 0.15) is 24.6 Å². The molecule has 2 amide bonds. The molecular formula is C30H28N2O8. The highest BCUT2D eigenvalue weighted by Gasteiger charge is 2.16. The molecule has 0 fully saturated rings. The highest BCUT2D eigenvalue weighted by atomic mass is 16.6. The van der Waals surface area contributed by atoms with Crippen molar-refractivity contribution >= 4 is 36.3 Å². The van der Waals surface area contributed by atoms with Gasteiger partial charge in [-0.2, -0.15) is 0 Å². The van der Waals surface area contributed by atoms with Crippen LogP contribution in [-0.2, 0) is 41.8 Å². The third-order valence-electron chi connectivity index (χ3n) is 5.24. The van der Waals surface area contributed by atoms with E-state index in [1.165, 1.54) is 26.4 Å². The Bertz CT molecular complexity index is 1280. The van der Waals surface area contributed by atoms with Crippen molar-refractivity contribution in [3.05, 3.63) is 119 Å². The smallest absolute Gasteiger partial charge is 0.412 e. The largest absolute Gasteiger partial charge is 0.464 e. The predicted molar refractivity (Wildman–Crippen MR) is 146 cm³/mol. The number of esters is 2. The van der Waals surface area contributed by atoms with E-state index in [1.807, 2.05) is 36.4 Å². The van der Waals surface area contributed by atoms with Crippen LogP contribution in [-0.4, -0.2) is 38.3 Å². The molecule has 0 atom stereocenters. The summed E-state index contributed by atoms with van der Waals surface area (Å²) in [6.07, 6.45) is 1.07.